The van der Waals surface area contributed by atoms with Crippen LogP contribution in [0.15, 0.2) is 48.7 Å². The Labute approximate surface area is 121 Å². The minimum absolute atomic E-state index is 0.318. The van der Waals surface area contributed by atoms with Crippen LogP contribution >= 0.6 is 11.6 Å². The first-order valence-corrected chi connectivity index (χ1v) is 6.52. The maximum Gasteiger partial charge on any atom is 0.337 e. The van der Waals surface area contributed by atoms with E-state index in [0.29, 0.717) is 10.6 Å². The van der Waals surface area contributed by atoms with Crippen LogP contribution < -0.4 is 0 Å². The molecule has 0 saturated heterocycles. The van der Waals surface area contributed by atoms with Gasteiger partial charge >= 0.3 is 5.97 Å². The molecule has 1 aromatic heterocycles. The molecule has 0 fully saturated rings. The fourth-order valence-electron chi connectivity index (χ4n) is 2.38. The fourth-order valence-corrected chi connectivity index (χ4v) is 2.51. The van der Waals surface area contributed by atoms with Crippen LogP contribution in [0.4, 0.5) is 0 Å². The van der Waals surface area contributed by atoms with E-state index in [0.717, 1.165) is 22.0 Å². The number of nitrogens with zero attached hydrogens (tertiary/aromatic N) is 1. The first-order valence-electron chi connectivity index (χ1n) is 6.14. The molecule has 3 nitrogen and oxygen atoms in total. The number of halogens is 1. The van der Waals surface area contributed by atoms with E-state index in [1.165, 1.54) is 0 Å². The van der Waals surface area contributed by atoms with E-state index in [9.17, 15) is 9.90 Å². The van der Waals surface area contributed by atoms with Crippen LogP contribution in [0.5, 0.6) is 0 Å². The Kier molecular flexibility index (Phi) is 2.99. The second-order valence-electron chi connectivity index (χ2n) is 4.70. The molecule has 0 aliphatic heterocycles. The first kappa shape index (κ1) is 12.8. The molecule has 0 aliphatic rings. The van der Waals surface area contributed by atoms with Crippen LogP contribution in [0.1, 0.15) is 10.4 Å². The van der Waals surface area contributed by atoms with Gasteiger partial charge in [0, 0.05) is 29.2 Å². The van der Waals surface area contributed by atoms with Crippen molar-refractivity contribution in [2.75, 3.05) is 0 Å². The smallest absolute Gasteiger partial charge is 0.337 e. The third kappa shape index (κ3) is 2.06. The number of fused-ring (bicyclic) bond motifs is 1. The monoisotopic (exact) mass is 285 g/mol. The van der Waals surface area contributed by atoms with Gasteiger partial charge in [0.1, 0.15) is 0 Å². The van der Waals surface area contributed by atoms with Gasteiger partial charge in [-0.15, -0.1) is 0 Å². The average Bonchev–Trinajstić information content (AvgIpc) is 2.77. The molecule has 0 amide bonds. The molecule has 1 heterocycles. The van der Waals surface area contributed by atoms with E-state index < -0.39 is 5.97 Å². The summed E-state index contributed by atoms with van der Waals surface area (Å²) in [4.78, 5) is 11.3. The van der Waals surface area contributed by atoms with Crippen LogP contribution in [0, 0.1) is 0 Å². The Bertz CT molecular complexity index is 803. The lowest BCUT2D eigenvalue weighted by molar-refractivity contribution is 0.0699. The van der Waals surface area contributed by atoms with Crippen molar-refractivity contribution in [3.63, 3.8) is 0 Å². The third-order valence-electron chi connectivity index (χ3n) is 3.40. The highest BCUT2D eigenvalue weighted by atomic mass is 35.5. The van der Waals surface area contributed by atoms with Crippen molar-refractivity contribution < 1.29 is 9.90 Å². The fraction of sp³-hybridized carbons (Fsp3) is 0.0625. The number of carboxylic acids is 1. The number of benzene rings is 2. The summed E-state index contributed by atoms with van der Waals surface area (Å²) in [6.45, 7) is 0. The molecule has 0 saturated carbocycles. The van der Waals surface area contributed by atoms with Gasteiger partial charge < -0.3 is 9.67 Å². The molecule has 0 spiro atoms. The standard InChI is InChI=1S/C16H12ClNO2/c1-18-9-14(16(19)20)13-8-11(4-7-15(13)18)10-2-5-12(17)6-3-10/h2-9H,1H3,(H,19,20). The highest BCUT2D eigenvalue weighted by Crippen LogP contribution is 2.28. The Hall–Kier alpha value is -2.26. The van der Waals surface area contributed by atoms with E-state index in [2.05, 4.69) is 0 Å². The largest absolute Gasteiger partial charge is 0.478 e. The number of carbonyl (C=O) groups is 1. The predicted octanol–water partition coefficient (Wildman–Crippen LogP) is 4.20. The Balaban J connectivity index is 2.21. The van der Waals surface area contributed by atoms with Crippen molar-refractivity contribution in [1.29, 1.82) is 0 Å². The Morgan fingerprint density at radius 2 is 1.75 bits per heavy atom. The average molecular weight is 286 g/mol. The van der Waals surface area contributed by atoms with E-state index in [-0.39, 0.29) is 0 Å². The van der Waals surface area contributed by atoms with E-state index in [1.54, 1.807) is 6.20 Å². The lowest BCUT2D eigenvalue weighted by Crippen LogP contribution is -1.94. The van der Waals surface area contributed by atoms with Gasteiger partial charge in [0.05, 0.1) is 5.56 Å². The number of aromatic carboxylic acids is 1. The van der Waals surface area contributed by atoms with Crippen molar-refractivity contribution >= 4 is 28.5 Å². The molecular weight excluding hydrogens is 274 g/mol. The van der Waals surface area contributed by atoms with Gasteiger partial charge in [-0.05, 0) is 35.4 Å². The number of aryl methyl sites for hydroxylation is 1. The molecule has 0 radical (unpaired) electrons. The van der Waals surface area contributed by atoms with Gasteiger partial charge in [-0.2, -0.15) is 0 Å². The van der Waals surface area contributed by atoms with Gasteiger partial charge in [0.25, 0.3) is 0 Å². The zero-order valence-corrected chi connectivity index (χ0v) is 11.6. The minimum atomic E-state index is -0.913. The van der Waals surface area contributed by atoms with Crippen molar-refractivity contribution in [3.8, 4) is 11.1 Å². The highest BCUT2D eigenvalue weighted by molar-refractivity contribution is 6.30. The maximum absolute atomic E-state index is 11.3. The lowest BCUT2D eigenvalue weighted by atomic mass is 10.0. The van der Waals surface area contributed by atoms with Crippen molar-refractivity contribution in [2.45, 2.75) is 0 Å². The number of rotatable bonds is 2. The SMILES string of the molecule is Cn1cc(C(=O)O)c2cc(-c3ccc(Cl)cc3)ccc21. The quantitative estimate of drug-likeness (QED) is 0.767. The second-order valence-corrected chi connectivity index (χ2v) is 5.13. The topological polar surface area (TPSA) is 42.2 Å². The van der Waals surface area contributed by atoms with Gasteiger partial charge in [-0.25, -0.2) is 4.79 Å². The minimum Gasteiger partial charge on any atom is -0.478 e. The summed E-state index contributed by atoms with van der Waals surface area (Å²) in [5.74, 6) is -0.913. The van der Waals surface area contributed by atoms with Crippen LogP contribution in [0.25, 0.3) is 22.0 Å². The summed E-state index contributed by atoms with van der Waals surface area (Å²) < 4.78 is 1.82. The summed E-state index contributed by atoms with van der Waals surface area (Å²) in [5.41, 5.74) is 3.21. The normalized spacial score (nSPS) is 10.9. The molecule has 0 unspecified atom stereocenters. The molecule has 0 bridgehead atoms. The molecule has 3 aromatic rings. The zero-order valence-electron chi connectivity index (χ0n) is 10.8. The van der Waals surface area contributed by atoms with Gasteiger partial charge in [-0.1, -0.05) is 29.8 Å². The Morgan fingerprint density at radius 3 is 2.40 bits per heavy atom. The lowest BCUT2D eigenvalue weighted by Gasteiger charge is -2.03. The molecule has 3 rings (SSSR count). The number of aromatic nitrogens is 1. The van der Waals surface area contributed by atoms with Gasteiger partial charge in [0.2, 0.25) is 0 Å². The van der Waals surface area contributed by atoms with E-state index >= 15 is 0 Å². The highest BCUT2D eigenvalue weighted by Gasteiger charge is 2.13. The molecule has 20 heavy (non-hydrogen) atoms. The van der Waals surface area contributed by atoms with Crippen LogP contribution in [0.3, 0.4) is 0 Å². The van der Waals surface area contributed by atoms with Gasteiger partial charge in [0.15, 0.2) is 0 Å². The molecule has 0 aliphatic carbocycles. The van der Waals surface area contributed by atoms with Gasteiger partial charge in [-0.3, -0.25) is 0 Å². The summed E-state index contributed by atoms with van der Waals surface area (Å²) in [6.07, 6.45) is 1.64. The second kappa shape index (κ2) is 4.69. The van der Waals surface area contributed by atoms with E-state index in [4.69, 9.17) is 11.6 Å². The van der Waals surface area contributed by atoms with Crippen LogP contribution in [-0.4, -0.2) is 15.6 Å². The van der Waals surface area contributed by atoms with E-state index in [1.807, 2.05) is 54.1 Å². The maximum atomic E-state index is 11.3. The molecule has 2 aromatic carbocycles. The van der Waals surface area contributed by atoms with Crippen molar-refractivity contribution in [1.82, 2.24) is 4.57 Å². The summed E-state index contributed by atoms with van der Waals surface area (Å²) in [5, 5.41) is 10.7. The first-order chi connectivity index (χ1) is 9.56. The predicted molar refractivity (Wildman–Crippen MR) is 80.3 cm³/mol. The van der Waals surface area contributed by atoms with Crippen LogP contribution in [0.2, 0.25) is 5.02 Å². The molecular formula is C16H12ClNO2. The van der Waals surface area contributed by atoms with Crippen molar-refractivity contribution in [2.24, 2.45) is 7.05 Å². The molecule has 4 heteroatoms. The molecule has 100 valence electrons. The summed E-state index contributed by atoms with van der Waals surface area (Å²) in [6, 6.07) is 13.3. The van der Waals surface area contributed by atoms with Crippen LogP contribution in [-0.2, 0) is 7.05 Å². The zero-order chi connectivity index (χ0) is 14.3. The summed E-state index contributed by atoms with van der Waals surface area (Å²) >= 11 is 5.88. The number of hydrogen-bond acceptors (Lipinski definition) is 1. The molecule has 1 N–H and O–H groups in total. The summed E-state index contributed by atoms with van der Waals surface area (Å²) in [7, 11) is 1.84. The Morgan fingerprint density at radius 1 is 1.10 bits per heavy atom. The molecule has 0 atom stereocenters. The number of hydrogen-bond donors (Lipinski definition) is 1. The van der Waals surface area contributed by atoms with Crippen molar-refractivity contribution in [3.05, 3.63) is 59.2 Å². The third-order valence-corrected chi connectivity index (χ3v) is 3.65. The number of carboxylic acid groups (broad SMARTS) is 1.